The molecule has 4 aliphatic carbocycles. The molecule has 4 rings (SSSR count). The van der Waals surface area contributed by atoms with Crippen molar-refractivity contribution in [2.45, 2.75) is 97.0 Å². The zero-order valence-electron chi connectivity index (χ0n) is 16.8. The van der Waals surface area contributed by atoms with E-state index in [1.165, 1.54) is 44.9 Å². The van der Waals surface area contributed by atoms with Crippen molar-refractivity contribution in [1.82, 2.24) is 0 Å². The van der Waals surface area contributed by atoms with Gasteiger partial charge in [0.05, 0.1) is 6.10 Å². The van der Waals surface area contributed by atoms with Gasteiger partial charge in [0.2, 0.25) is 0 Å². The Hall–Kier alpha value is -0.570. The molecule has 4 fully saturated rings. The Morgan fingerprint density at radius 3 is 2.46 bits per heavy atom. The Balaban J connectivity index is 1.48. The van der Waals surface area contributed by atoms with E-state index >= 15 is 0 Å². The van der Waals surface area contributed by atoms with Crippen molar-refractivity contribution < 1.29 is 15.0 Å². The van der Waals surface area contributed by atoms with Crippen LogP contribution in [0.15, 0.2) is 0 Å². The molecule has 0 aliphatic heterocycles. The molecule has 148 valence electrons. The molecule has 2 unspecified atom stereocenters. The van der Waals surface area contributed by atoms with Gasteiger partial charge >= 0.3 is 5.97 Å². The summed E-state index contributed by atoms with van der Waals surface area (Å²) in [7, 11) is 0. The van der Waals surface area contributed by atoms with E-state index in [1.54, 1.807) is 0 Å². The third-order valence-corrected chi connectivity index (χ3v) is 9.78. The number of hydrogen-bond donors (Lipinski definition) is 2. The summed E-state index contributed by atoms with van der Waals surface area (Å²) in [6.45, 7) is 5.10. The van der Waals surface area contributed by atoms with Crippen LogP contribution in [0.4, 0.5) is 0 Å². The molecular weight excluding hydrogens is 324 g/mol. The van der Waals surface area contributed by atoms with Gasteiger partial charge < -0.3 is 10.2 Å². The number of carbonyl (C=O) groups is 1. The number of carboxylic acid groups (broad SMARTS) is 1. The Kier molecular flexibility index (Phi) is 4.91. The molecule has 3 nitrogen and oxygen atoms in total. The standard InChI is InChI=1S/C23H38O3/c1-22-13-11-20-18(8-6-16-14-17(24)10-12-23(16,20)2)19(22)9-7-15(22)4-3-5-21(25)26/h15-20,24H,3-14H2,1-2H3,(H,25,26)/t15-,16+,17-,18-,19?,20?,22+,23-/m0/s1. The number of carboxylic acids is 1. The summed E-state index contributed by atoms with van der Waals surface area (Å²) in [6.07, 6.45) is 13.6. The first kappa shape index (κ1) is 18.8. The highest BCUT2D eigenvalue weighted by Gasteiger charge is 2.59. The lowest BCUT2D eigenvalue weighted by Crippen LogP contribution is -2.53. The number of hydrogen-bond acceptors (Lipinski definition) is 2. The highest BCUT2D eigenvalue weighted by Crippen LogP contribution is 2.67. The van der Waals surface area contributed by atoms with Crippen molar-refractivity contribution >= 4 is 5.97 Å². The van der Waals surface area contributed by atoms with E-state index in [-0.39, 0.29) is 6.10 Å². The van der Waals surface area contributed by atoms with Crippen molar-refractivity contribution in [2.75, 3.05) is 0 Å². The number of fused-ring (bicyclic) bond motifs is 5. The first-order valence-electron chi connectivity index (χ1n) is 11.2. The maximum absolute atomic E-state index is 10.9. The normalized spacial score (nSPS) is 50.6. The Labute approximate surface area is 158 Å². The predicted octanol–water partition coefficient (Wildman–Crippen LogP) is 5.26. The van der Waals surface area contributed by atoms with E-state index in [0.717, 1.165) is 55.3 Å². The molecule has 2 N–H and O–H groups in total. The number of aliphatic carboxylic acids is 1. The molecule has 0 bridgehead atoms. The van der Waals surface area contributed by atoms with Gasteiger partial charge in [-0.15, -0.1) is 0 Å². The molecule has 3 heteroatoms. The molecule has 0 heterocycles. The van der Waals surface area contributed by atoms with Crippen LogP contribution in [0.3, 0.4) is 0 Å². The topological polar surface area (TPSA) is 57.5 Å². The summed E-state index contributed by atoms with van der Waals surface area (Å²) in [5.74, 6) is 3.45. The van der Waals surface area contributed by atoms with Crippen molar-refractivity contribution in [2.24, 2.45) is 40.4 Å². The summed E-state index contributed by atoms with van der Waals surface area (Å²) in [5.41, 5.74) is 0.919. The van der Waals surface area contributed by atoms with Crippen LogP contribution in [0.25, 0.3) is 0 Å². The molecule has 4 saturated carbocycles. The van der Waals surface area contributed by atoms with Crippen LogP contribution < -0.4 is 0 Å². The first-order chi connectivity index (χ1) is 12.3. The summed E-state index contributed by atoms with van der Waals surface area (Å²) < 4.78 is 0. The van der Waals surface area contributed by atoms with Crippen molar-refractivity contribution in [3.63, 3.8) is 0 Å². The molecule has 0 aromatic carbocycles. The summed E-state index contributed by atoms with van der Waals surface area (Å²) >= 11 is 0. The van der Waals surface area contributed by atoms with E-state index in [4.69, 9.17) is 5.11 Å². The summed E-state index contributed by atoms with van der Waals surface area (Å²) in [4.78, 5) is 10.9. The molecule has 0 radical (unpaired) electrons. The zero-order valence-corrected chi connectivity index (χ0v) is 16.8. The van der Waals surface area contributed by atoms with Crippen molar-refractivity contribution in [1.29, 1.82) is 0 Å². The second kappa shape index (κ2) is 6.79. The van der Waals surface area contributed by atoms with Gasteiger partial charge in [-0.05, 0) is 111 Å². The van der Waals surface area contributed by atoms with Gasteiger partial charge in [0.25, 0.3) is 0 Å². The third-order valence-electron chi connectivity index (χ3n) is 9.78. The predicted molar refractivity (Wildman–Crippen MR) is 103 cm³/mol. The second-order valence-corrected chi connectivity index (χ2v) is 10.7. The smallest absolute Gasteiger partial charge is 0.303 e. The van der Waals surface area contributed by atoms with Gasteiger partial charge in [0.15, 0.2) is 0 Å². The molecule has 0 aromatic rings. The van der Waals surface area contributed by atoms with Gasteiger partial charge in [-0.25, -0.2) is 0 Å². The Morgan fingerprint density at radius 1 is 0.962 bits per heavy atom. The van der Waals surface area contributed by atoms with Gasteiger partial charge in [0, 0.05) is 6.42 Å². The highest BCUT2D eigenvalue weighted by atomic mass is 16.4. The van der Waals surface area contributed by atoms with Crippen molar-refractivity contribution in [3.8, 4) is 0 Å². The molecule has 0 aromatic heterocycles. The Morgan fingerprint density at radius 2 is 1.69 bits per heavy atom. The van der Waals surface area contributed by atoms with E-state index in [9.17, 15) is 9.90 Å². The largest absolute Gasteiger partial charge is 0.481 e. The maximum Gasteiger partial charge on any atom is 0.303 e. The molecule has 0 amide bonds. The summed E-state index contributed by atoms with van der Waals surface area (Å²) in [5, 5.41) is 19.1. The average Bonchev–Trinajstić information content (AvgIpc) is 2.92. The lowest BCUT2D eigenvalue weighted by molar-refractivity contribution is -0.137. The van der Waals surface area contributed by atoms with Crippen LogP contribution in [0.1, 0.15) is 90.9 Å². The summed E-state index contributed by atoms with van der Waals surface area (Å²) in [6, 6.07) is 0. The number of rotatable bonds is 4. The molecule has 4 aliphatic rings. The highest BCUT2D eigenvalue weighted by molar-refractivity contribution is 5.66. The minimum absolute atomic E-state index is 0.0522. The van der Waals surface area contributed by atoms with E-state index in [1.807, 2.05) is 0 Å². The average molecular weight is 363 g/mol. The van der Waals surface area contributed by atoms with Gasteiger partial charge in [-0.3, -0.25) is 4.79 Å². The molecule has 0 spiro atoms. The fourth-order valence-corrected chi connectivity index (χ4v) is 8.32. The fraction of sp³-hybridized carbons (Fsp3) is 0.957. The lowest BCUT2D eigenvalue weighted by Gasteiger charge is -2.61. The van der Waals surface area contributed by atoms with Crippen LogP contribution in [0.5, 0.6) is 0 Å². The van der Waals surface area contributed by atoms with E-state index < -0.39 is 5.97 Å². The number of aliphatic hydroxyl groups is 1. The zero-order chi connectivity index (χ0) is 18.5. The minimum Gasteiger partial charge on any atom is -0.481 e. The second-order valence-electron chi connectivity index (χ2n) is 10.7. The van der Waals surface area contributed by atoms with Gasteiger partial charge in [-0.2, -0.15) is 0 Å². The molecule has 26 heavy (non-hydrogen) atoms. The van der Waals surface area contributed by atoms with Crippen LogP contribution >= 0.6 is 0 Å². The minimum atomic E-state index is -0.640. The quantitative estimate of drug-likeness (QED) is 0.717. The van der Waals surface area contributed by atoms with Crippen LogP contribution in [0, 0.1) is 40.4 Å². The van der Waals surface area contributed by atoms with Gasteiger partial charge in [0.1, 0.15) is 0 Å². The molecule has 0 saturated heterocycles. The first-order valence-corrected chi connectivity index (χ1v) is 11.2. The molecular formula is C23H38O3. The van der Waals surface area contributed by atoms with E-state index in [0.29, 0.717) is 17.3 Å². The lowest BCUT2D eigenvalue weighted by atomic mass is 9.44. The van der Waals surface area contributed by atoms with Crippen LogP contribution in [-0.2, 0) is 4.79 Å². The van der Waals surface area contributed by atoms with E-state index in [2.05, 4.69) is 13.8 Å². The SMILES string of the molecule is C[C@]12CCC3[C@@H](CC[C@@H]4C[C@@H](O)CC[C@]34C)C1CC[C@@H]2CCCC(=O)O. The van der Waals surface area contributed by atoms with Crippen LogP contribution in [-0.4, -0.2) is 22.3 Å². The molecule has 8 atom stereocenters. The van der Waals surface area contributed by atoms with Crippen molar-refractivity contribution in [3.05, 3.63) is 0 Å². The van der Waals surface area contributed by atoms with Gasteiger partial charge in [-0.1, -0.05) is 13.8 Å². The fourth-order valence-electron chi connectivity index (χ4n) is 8.32. The number of aliphatic hydroxyl groups excluding tert-OH is 1. The Bertz CT molecular complexity index is 546. The van der Waals surface area contributed by atoms with Crippen LogP contribution in [0.2, 0.25) is 0 Å². The maximum atomic E-state index is 10.9. The third kappa shape index (κ3) is 2.93. The monoisotopic (exact) mass is 362 g/mol.